The van der Waals surface area contributed by atoms with Gasteiger partial charge in [-0.2, -0.15) is 0 Å². The van der Waals surface area contributed by atoms with Gasteiger partial charge in [0.1, 0.15) is 0 Å². The van der Waals surface area contributed by atoms with E-state index in [4.69, 9.17) is 14.2 Å². The lowest BCUT2D eigenvalue weighted by atomic mass is 10.1. The monoisotopic (exact) mass is 307 g/mol. The first kappa shape index (κ1) is 16.8. The first-order valence-electron chi connectivity index (χ1n) is 7.97. The molecule has 0 saturated carbocycles. The fourth-order valence-corrected chi connectivity index (χ4v) is 2.44. The molecule has 5 heteroatoms. The molecular formula is C17H25NO4. The summed E-state index contributed by atoms with van der Waals surface area (Å²) in [5.41, 5.74) is 1.07. The van der Waals surface area contributed by atoms with Crippen molar-refractivity contribution >= 4 is 6.09 Å². The van der Waals surface area contributed by atoms with Crippen molar-refractivity contribution in [3.05, 3.63) is 35.9 Å². The Bertz CT molecular complexity index is 447. The largest absolute Gasteiger partial charge is 0.441 e. The van der Waals surface area contributed by atoms with Crippen molar-refractivity contribution in [1.29, 1.82) is 0 Å². The third kappa shape index (κ3) is 4.71. The van der Waals surface area contributed by atoms with Crippen LogP contribution in [0.4, 0.5) is 4.79 Å². The summed E-state index contributed by atoms with van der Waals surface area (Å²) in [7, 11) is 0. The summed E-state index contributed by atoms with van der Waals surface area (Å²) in [5, 5.41) is 0. The van der Waals surface area contributed by atoms with Crippen LogP contribution in [0, 0.1) is 0 Å². The highest BCUT2D eigenvalue weighted by Gasteiger charge is 2.31. The van der Waals surface area contributed by atoms with E-state index in [1.807, 2.05) is 44.2 Å². The third-order valence-electron chi connectivity index (χ3n) is 3.75. The summed E-state index contributed by atoms with van der Waals surface area (Å²) in [6, 6.07) is 9.91. The lowest BCUT2D eigenvalue weighted by Crippen LogP contribution is -2.43. The van der Waals surface area contributed by atoms with Gasteiger partial charge in [-0.25, -0.2) is 4.79 Å². The topological polar surface area (TPSA) is 48.0 Å². The van der Waals surface area contributed by atoms with Gasteiger partial charge in [0.05, 0.1) is 13.2 Å². The van der Waals surface area contributed by atoms with Crippen LogP contribution in [0.1, 0.15) is 32.3 Å². The second-order valence-electron chi connectivity index (χ2n) is 5.27. The van der Waals surface area contributed by atoms with Gasteiger partial charge < -0.3 is 19.1 Å². The number of benzene rings is 1. The number of ether oxygens (including phenoxy) is 3. The van der Waals surface area contributed by atoms with Gasteiger partial charge in [-0.15, -0.1) is 0 Å². The number of carbonyl (C=O) groups is 1. The number of carbonyl (C=O) groups excluding carboxylic acids is 1. The molecule has 1 heterocycles. The van der Waals surface area contributed by atoms with Crippen LogP contribution in [-0.2, 0) is 20.8 Å². The molecule has 2 rings (SSSR count). The average Bonchev–Trinajstić information content (AvgIpc) is 2.56. The van der Waals surface area contributed by atoms with E-state index in [1.54, 1.807) is 4.90 Å². The maximum Gasteiger partial charge on any atom is 0.410 e. The van der Waals surface area contributed by atoms with Crippen molar-refractivity contribution in [3.8, 4) is 0 Å². The van der Waals surface area contributed by atoms with Crippen molar-refractivity contribution in [2.24, 2.45) is 0 Å². The van der Waals surface area contributed by atoms with E-state index in [0.29, 0.717) is 26.3 Å². The van der Waals surface area contributed by atoms with Crippen molar-refractivity contribution in [1.82, 2.24) is 4.90 Å². The zero-order valence-electron chi connectivity index (χ0n) is 13.4. The van der Waals surface area contributed by atoms with Gasteiger partial charge in [0.2, 0.25) is 0 Å². The van der Waals surface area contributed by atoms with Crippen LogP contribution < -0.4 is 0 Å². The third-order valence-corrected chi connectivity index (χ3v) is 3.75. The highest BCUT2D eigenvalue weighted by atomic mass is 16.7. The Morgan fingerprint density at radius 3 is 2.68 bits per heavy atom. The van der Waals surface area contributed by atoms with Crippen LogP contribution in [0.3, 0.4) is 0 Å². The molecule has 1 aromatic rings. The molecule has 5 nitrogen and oxygen atoms in total. The molecule has 1 aliphatic rings. The number of nitrogens with zero attached hydrogens (tertiary/aromatic N) is 1. The van der Waals surface area contributed by atoms with Gasteiger partial charge in [-0.1, -0.05) is 30.3 Å². The van der Waals surface area contributed by atoms with Crippen LogP contribution in [0.25, 0.3) is 0 Å². The summed E-state index contributed by atoms with van der Waals surface area (Å²) >= 11 is 0. The van der Waals surface area contributed by atoms with E-state index in [-0.39, 0.29) is 12.2 Å². The van der Waals surface area contributed by atoms with E-state index in [9.17, 15) is 4.79 Å². The summed E-state index contributed by atoms with van der Waals surface area (Å²) < 4.78 is 17.0. The standard InChI is InChI=1S/C17H25NO4/c1-3-18(4-2)17(19)22-15-11-8-12-20-16(15)21-13-14-9-6-5-7-10-14/h5-7,9-10,15-16H,3-4,8,11-13H2,1-2H3. The van der Waals surface area contributed by atoms with Crippen molar-refractivity contribution in [2.45, 2.75) is 45.7 Å². The van der Waals surface area contributed by atoms with Crippen molar-refractivity contribution in [2.75, 3.05) is 19.7 Å². The molecule has 0 N–H and O–H groups in total. The van der Waals surface area contributed by atoms with Crippen LogP contribution in [0.2, 0.25) is 0 Å². The lowest BCUT2D eigenvalue weighted by molar-refractivity contribution is -0.220. The van der Waals surface area contributed by atoms with Crippen LogP contribution in [-0.4, -0.2) is 43.1 Å². The zero-order valence-corrected chi connectivity index (χ0v) is 13.4. The number of rotatable bonds is 6. The first-order chi connectivity index (χ1) is 10.7. The Hall–Kier alpha value is -1.59. The normalized spacial score (nSPS) is 21.4. The van der Waals surface area contributed by atoms with E-state index < -0.39 is 6.29 Å². The van der Waals surface area contributed by atoms with Gasteiger partial charge in [0.15, 0.2) is 12.4 Å². The number of hydrogen-bond acceptors (Lipinski definition) is 4. The van der Waals surface area contributed by atoms with Gasteiger partial charge >= 0.3 is 6.09 Å². The molecule has 1 saturated heterocycles. The Morgan fingerprint density at radius 1 is 1.27 bits per heavy atom. The van der Waals surface area contributed by atoms with Gasteiger partial charge in [0.25, 0.3) is 0 Å². The van der Waals surface area contributed by atoms with Crippen LogP contribution >= 0.6 is 0 Å². The molecule has 2 unspecified atom stereocenters. The number of amides is 1. The molecule has 0 aliphatic carbocycles. The Kier molecular flexibility index (Phi) is 6.68. The highest BCUT2D eigenvalue weighted by Crippen LogP contribution is 2.20. The highest BCUT2D eigenvalue weighted by molar-refractivity contribution is 5.67. The molecule has 122 valence electrons. The first-order valence-corrected chi connectivity index (χ1v) is 7.97. The molecule has 0 bridgehead atoms. The van der Waals surface area contributed by atoms with Crippen molar-refractivity contribution < 1.29 is 19.0 Å². The summed E-state index contributed by atoms with van der Waals surface area (Å²) in [5.74, 6) is 0. The quantitative estimate of drug-likeness (QED) is 0.810. The maximum atomic E-state index is 12.1. The SMILES string of the molecule is CCN(CC)C(=O)OC1CCCOC1OCc1ccccc1. The summed E-state index contributed by atoms with van der Waals surface area (Å²) in [6.07, 6.45) is 0.515. The Morgan fingerprint density at radius 2 is 2.00 bits per heavy atom. The molecule has 1 aliphatic heterocycles. The van der Waals surface area contributed by atoms with Crippen molar-refractivity contribution in [3.63, 3.8) is 0 Å². The van der Waals surface area contributed by atoms with E-state index in [2.05, 4.69) is 0 Å². The smallest absolute Gasteiger partial charge is 0.410 e. The van der Waals surface area contributed by atoms with E-state index >= 15 is 0 Å². The second-order valence-corrected chi connectivity index (χ2v) is 5.27. The molecule has 2 atom stereocenters. The second kappa shape index (κ2) is 8.76. The van der Waals surface area contributed by atoms with Crippen LogP contribution in [0.5, 0.6) is 0 Å². The lowest BCUT2D eigenvalue weighted by Gasteiger charge is -2.32. The molecule has 22 heavy (non-hydrogen) atoms. The fourth-order valence-electron chi connectivity index (χ4n) is 2.44. The molecule has 0 spiro atoms. The van der Waals surface area contributed by atoms with Gasteiger partial charge in [-0.05, 0) is 32.3 Å². The minimum Gasteiger partial charge on any atom is -0.441 e. The molecule has 0 aromatic heterocycles. The molecule has 1 fully saturated rings. The predicted octanol–water partition coefficient (Wildman–Crippen LogP) is 3.19. The summed E-state index contributed by atoms with van der Waals surface area (Å²) in [6.45, 7) is 6.23. The average molecular weight is 307 g/mol. The molecule has 1 aromatic carbocycles. The van der Waals surface area contributed by atoms with E-state index in [1.165, 1.54) is 0 Å². The zero-order chi connectivity index (χ0) is 15.8. The molecule has 1 amide bonds. The molecule has 0 radical (unpaired) electrons. The van der Waals surface area contributed by atoms with Crippen LogP contribution in [0.15, 0.2) is 30.3 Å². The minimum atomic E-state index is -0.492. The van der Waals surface area contributed by atoms with Gasteiger partial charge in [0, 0.05) is 13.1 Å². The van der Waals surface area contributed by atoms with Gasteiger partial charge in [-0.3, -0.25) is 0 Å². The summed E-state index contributed by atoms with van der Waals surface area (Å²) in [4.78, 5) is 13.7. The maximum absolute atomic E-state index is 12.1. The fraction of sp³-hybridized carbons (Fsp3) is 0.588. The minimum absolute atomic E-state index is 0.297. The Balaban J connectivity index is 1.89. The predicted molar refractivity (Wildman–Crippen MR) is 83.4 cm³/mol. The van der Waals surface area contributed by atoms with E-state index in [0.717, 1.165) is 18.4 Å². The molecular weight excluding hydrogens is 282 g/mol. The number of hydrogen-bond donors (Lipinski definition) is 0. The Labute approximate surface area is 132 Å².